The van der Waals surface area contributed by atoms with E-state index in [-0.39, 0.29) is 18.0 Å². The average Bonchev–Trinajstić information content (AvgIpc) is 2.39. The molecule has 2 unspecified atom stereocenters. The molecule has 1 amide bonds. The van der Waals surface area contributed by atoms with Gasteiger partial charge in [0.15, 0.2) is 0 Å². The quantitative estimate of drug-likeness (QED) is 0.794. The Labute approximate surface area is 115 Å². The van der Waals surface area contributed by atoms with Gasteiger partial charge in [-0.3, -0.25) is 4.79 Å². The normalized spacial score (nSPS) is 13.7. The first-order valence-electron chi connectivity index (χ1n) is 6.84. The zero-order valence-corrected chi connectivity index (χ0v) is 12.0. The van der Waals surface area contributed by atoms with Crippen LogP contribution in [0, 0.1) is 0 Å². The summed E-state index contributed by atoms with van der Waals surface area (Å²) in [5, 5.41) is 2.95. The summed E-state index contributed by atoms with van der Waals surface area (Å²) < 4.78 is 5.38. The van der Waals surface area contributed by atoms with Gasteiger partial charge in [-0.1, -0.05) is 19.1 Å². The lowest BCUT2D eigenvalue weighted by Crippen LogP contribution is -2.32. The second-order valence-electron chi connectivity index (χ2n) is 4.66. The van der Waals surface area contributed by atoms with Crippen molar-refractivity contribution in [3.8, 4) is 5.75 Å². The third-order valence-corrected chi connectivity index (χ3v) is 3.04. The van der Waals surface area contributed by atoms with Crippen molar-refractivity contribution in [2.75, 3.05) is 6.61 Å². The van der Waals surface area contributed by atoms with Gasteiger partial charge in [0.25, 0.3) is 0 Å². The summed E-state index contributed by atoms with van der Waals surface area (Å²) >= 11 is 0. The molecule has 0 heterocycles. The highest BCUT2D eigenvalue weighted by Crippen LogP contribution is 2.17. The van der Waals surface area contributed by atoms with Gasteiger partial charge in [-0.15, -0.1) is 0 Å². The summed E-state index contributed by atoms with van der Waals surface area (Å²) in [6.45, 7) is 6.55. The Morgan fingerprint density at radius 3 is 2.47 bits per heavy atom. The lowest BCUT2D eigenvalue weighted by Gasteiger charge is -2.16. The third-order valence-electron chi connectivity index (χ3n) is 3.04. The smallest absolute Gasteiger partial charge is 0.222 e. The van der Waals surface area contributed by atoms with Gasteiger partial charge in [-0.2, -0.15) is 0 Å². The number of amides is 1. The maximum atomic E-state index is 11.7. The van der Waals surface area contributed by atoms with Gasteiger partial charge >= 0.3 is 0 Å². The van der Waals surface area contributed by atoms with Crippen LogP contribution in [-0.2, 0) is 4.79 Å². The van der Waals surface area contributed by atoms with Gasteiger partial charge in [0, 0.05) is 12.5 Å². The first kappa shape index (κ1) is 15.5. The summed E-state index contributed by atoms with van der Waals surface area (Å²) in [5.74, 6) is 0.841. The average molecular weight is 264 g/mol. The molecule has 1 rings (SSSR count). The number of rotatable bonds is 7. The molecule has 19 heavy (non-hydrogen) atoms. The van der Waals surface area contributed by atoms with Crippen LogP contribution in [0.3, 0.4) is 0 Å². The Hall–Kier alpha value is -1.55. The maximum Gasteiger partial charge on any atom is 0.222 e. The van der Waals surface area contributed by atoms with Crippen LogP contribution in [0.5, 0.6) is 5.75 Å². The molecule has 0 saturated heterocycles. The number of benzene rings is 1. The number of nitrogens with one attached hydrogen (secondary N) is 1. The fourth-order valence-corrected chi connectivity index (χ4v) is 1.79. The van der Waals surface area contributed by atoms with Crippen LogP contribution in [0.4, 0.5) is 0 Å². The van der Waals surface area contributed by atoms with E-state index < -0.39 is 0 Å². The number of carbonyl (C=O) groups excluding carboxylic acids is 1. The van der Waals surface area contributed by atoms with Crippen LogP contribution in [0.2, 0.25) is 0 Å². The van der Waals surface area contributed by atoms with Crippen molar-refractivity contribution in [3.63, 3.8) is 0 Å². The third kappa shape index (κ3) is 5.30. The van der Waals surface area contributed by atoms with Crippen LogP contribution < -0.4 is 15.8 Å². The monoisotopic (exact) mass is 264 g/mol. The molecule has 0 spiro atoms. The highest BCUT2D eigenvalue weighted by Gasteiger charge is 2.12. The highest BCUT2D eigenvalue weighted by atomic mass is 16.5. The van der Waals surface area contributed by atoms with Gasteiger partial charge in [0.1, 0.15) is 5.75 Å². The van der Waals surface area contributed by atoms with E-state index in [0.717, 1.165) is 17.7 Å². The van der Waals surface area contributed by atoms with Crippen LogP contribution in [0.25, 0.3) is 0 Å². The lowest BCUT2D eigenvalue weighted by atomic mass is 10.1. The highest BCUT2D eigenvalue weighted by molar-refractivity contribution is 5.77. The van der Waals surface area contributed by atoms with E-state index in [1.807, 2.05) is 45.0 Å². The van der Waals surface area contributed by atoms with Gasteiger partial charge in [0.2, 0.25) is 5.91 Å². The zero-order valence-electron chi connectivity index (χ0n) is 12.0. The molecule has 4 nitrogen and oxygen atoms in total. The second kappa shape index (κ2) is 7.79. The lowest BCUT2D eigenvalue weighted by molar-refractivity contribution is -0.122. The molecular weight excluding hydrogens is 240 g/mol. The molecule has 0 aliphatic rings. The molecule has 0 aliphatic carbocycles. The molecule has 0 fully saturated rings. The van der Waals surface area contributed by atoms with Crippen molar-refractivity contribution in [1.82, 2.24) is 5.32 Å². The van der Waals surface area contributed by atoms with Crippen molar-refractivity contribution in [3.05, 3.63) is 29.8 Å². The summed E-state index contributed by atoms with van der Waals surface area (Å²) in [7, 11) is 0. The fraction of sp³-hybridized carbons (Fsp3) is 0.533. The molecular formula is C15H24N2O2. The standard InChI is InChI=1S/C15H24N2O2/c1-4-13(16)10-15(18)17-11(3)12-6-8-14(9-7-12)19-5-2/h6-9,11,13H,4-5,10,16H2,1-3H3,(H,17,18). The largest absolute Gasteiger partial charge is 0.494 e. The fourth-order valence-electron chi connectivity index (χ4n) is 1.79. The Morgan fingerprint density at radius 1 is 1.32 bits per heavy atom. The maximum absolute atomic E-state index is 11.7. The summed E-state index contributed by atoms with van der Waals surface area (Å²) in [6.07, 6.45) is 1.18. The number of hydrogen-bond acceptors (Lipinski definition) is 3. The molecule has 0 aromatic heterocycles. The van der Waals surface area contributed by atoms with Crippen LogP contribution in [0.15, 0.2) is 24.3 Å². The molecule has 106 valence electrons. The SMILES string of the molecule is CCOc1ccc(C(C)NC(=O)CC(N)CC)cc1. The van der Waals surface area contributed by atoms with Crippen LogP contribution in [-0.4, -0.2) is 18.6 Å². The van der Waals surface area contributed by atoms with E-state index in [4.69, 9.17) is 10.5 Å². The van der Waals surface area contributed by atoms with Crippen LogP contribution >= 0.6 is 0 Å². The van der Waals surface area contributed by atoms with Crippen molar-refractivity contribution < 1.29 is 9.53 Å². The molecule has 0 saturated carbocycles. The molecule has 0 bridgehead atoms. The van der Waals surface area contributed by atoms with Crippen molar-refractivity contribution in [2.45, 2.75) is 45.7 Å². The molecule has 0 radical (unpaired) electrons. The summed E-state index contributed by atoms with van der Waals surface area (Å²) in [6, 6.07) is 7.68. The minimum atomic E-state index is -0.0625. The minimum absolute atomic E-state index is 0.00395. The Morgan fingerprint density at radius 2 is 1.95 bits per heavy atom. The minimum Gasteiger partial charge on any atom is -0.494 e. The van der Waals surface area contributed by atoms with Gasteiger partial charge in [-0.25, -0.2) is 0 Å². The Bertz CT molecular complexity index is 390. The molecule has 1 aromatic carbocycles. The predicted molar refractivity (Wildman–Crippen MR) is 77.1 cm³/mol. The first-order chi connectivity index (χ1) is 9.06. The van der Waals surface area contributed by atoms with E-state index in [1.54, 1.807) is 0 Å². The van der Waals surface area contributed by atoms with Gasteiger partial charge < -0.3 is 15.8 Å². The first-order valence-corrected chi connectivity index (χ1v) is 6.84. The number of ether oxygens (including phenoxy) is 1. The van der Waals surface area contributed by atoms with E-state index >= 15 is 0 Å². The van der Waals surface area contributed by atoms with E-state index in [0.29, 0.717) is 13.0 Å². The van der Waals surface area contributed by atoms with Crippen LogP contribution in [0.1, 0.15) is 45.2 Å². The molecule has 4 heteroatoms. The summed E-state index contributed by atoms with van der Waals surface area (Å²) in [5.41, 5.74) is 6.82. The number of nitrogens with two attached hydrogens (primary N) is 1. The summed E-state index contributed by atoms with van der Waals surface area (Å²) in [4.78, 5) is 11.7. The molecule has 2 atom stereocenters. The Kier molecular flexibility index (Phi) is 6.36. The number of carbonyl (C=O) groups is 1. The van der Waals surface area contributed by atoms with E-state index in [1.165, 1.54) is 0 Å². The van der Waals surface area contributed by atoms with E-state index in [9.17, 15) is 4.79 Å². The van der Waals surface area contributed by atoms with Crippen molar-refractivity contribution in [2.24, 2.45) is 5.73 Å². The van der Waals surface area contributed by atoms with Gasteiger partial charge in [-0.05, 0) is 38.0 Å². The molecule has 1 aromatic rings. The van der Waals surface area contributed by atoms with Gasteiger partial charge in [0.05, 0.1) is 12.6 Å². The second-order valence-corrected chi connectivity index (χ2v) is 4.66. The van der Waals surface area contributed by atoms with Crippen molar-refractivity contribution >= 4 is 5.91 Å². The van der Waals surface area contributed by atoms with E-state index in [2.05, 4.69) is 5.32 Å². The number of hydrogen-bond donors (Lipinski definition) is 2. The topological polar surface area (TPSA) is 64.3 Å². The van der Waals surface area contributed by atoms with Crippen molar-refractivity contribution in [1.29, 1.82) is 0 Å². The molecule has 3 N–H and O–H groups in total. The molecule has 0 aliphatic heterocycles. The zero-order chi connectivity index (χ0) is 14.3. The Balaban J connectivity index is 2.52. The predicted octanol–water partition coefficient (Wildman–Crippen LogP) is 2.39.